The normalized spacial score (nSPS) is 16.4. The number of nitrogens with zero attached hydrogens (tertiary/aromatic N) is 2. The molecular weight excluding hydrogens is 432 g/mol. The van der Waals surface area contributed by atoms with E-state index < -0.39 is 0 Å². The van der Waals surface area contributed by atoms with Crippen molar-refractivity contribution in [2.24, 2.45) is 11.8 Å². The molecule has 1 aromatic heterocycles. The van der Waals surface area contributed by atoms with Crippen LogP contribution in [-0.2, 0) is 16.0 Å². The Morgan fingerprint density at radius 2 is 1.91 bits per heavy atom. The molecule has 180 valence electrons. The Morgan fingerprint density at radius 3 is 2.58 bits per heavy atom. The number of aryl methyl sites for hydroxylation is 1. The predicted octanol–water partition coefficient (Wildman–Crippen LogP) is 5.48. The van der Waals surface area contributed by atoms with Crippen LogP contribution in [0.4, 0.5) is 0 Å². The van der Waals surface area contributed by atoms with E-state index in [-0.39, 0.29) is 30.3 Å². The molecule has 33 heavy (non-hydrogen) atoms. The Morgan fingerprint density at radius 1 is 1.18 bits per heavy atom. The van der Waals surface area contributed by atoms with Crippen LogP contribution in [0.25, 0.3) is 0 Å². The van der Waals surface area contributed by atoms with Gasteiger partial charge in [0.05, 0.1) is 12.6 Å². The smallest absolute Gasteiger partial charge is 0.242 e. The van der Waals surface area contributed by atoms with Crippen molar-refractivity contribution in [1.82, 2.24) is 9.80 Å². The van der Waals surface area contributed by atoms with E-state index in [1.54, 1.807) is 16.2 Å². The zero-order valence-corrected chi connectivity index (χ0v) is 21.5. The minimum absolute atomic E-state index is 0.00441. The number of thiophene rings is 1. The average molecular weight is 471 g/mol. The molecule has 0 saturated carbocycles. The first-order chi connectivity index (χ1) is 15.8. The molecule has 6 heteroatoms. The standard InChI is InChI=1S/C27H38N2O3S/c1-6-20(4)16-28(26(30)15-19(2)3)17-27(31)29-13-11-25-23(12-14-33-25)24(29)18-32-22-9-7-21(5)8-10-22/h7-10,12,14,19-20,24H,6,11,13,15-18H2,1-5H3. The van der Waals surface area contributed by atoms with E-state index in [1.807, 2.05) is 43.0 Å². The topological polar surface area (TPSA) is 49.9 Å². The van der Waals surface area contributed by atoms with Gasteiger partial charge >= 0.3 is 0 Å². The summed E-state index contributed by atoms with van der Waals surface area (Å²) in [6.45, 7) is 12.2. The maximum absolute atomic E-state index is 13.5. The van der Waals surface area contributed by atoms with Crippen LogP contribution in [0.5, 0.6) is 5.75 Å². The molecule has 0 bridgehead atoms. The average Bonchev–Trinajstić information content (AvgIpc) is 3.26. The van der Waals surface area contributed by atoms with Gasteiger partial charge in [-0.3, -0.25) is 9.59 Å². The summed E-state index contributed by atoms with van der Waals surface area (Å²) in [5.74, 6) is 1.51. The number of hydrogen-bond donors (Lipinski definition) is 0. The van der Waals surface area contributed by atoms with Gasteiger partial charge in [0.2, 0.25) is 11.8 Å². The van der Waals surface area contributed by atoms with Crippen LogP contribution in [0.15, 0.2) is 35.7 Å². The van der Waals surface area contributed by atoms with Crippen LogP contribution in [0.2, 0.25) is 0 Å². The van der Waals surface area contributed by atoms with Crippen molar-refractivity contribution in [3.05, 3.63) is 51.7 Å². The summed E-state index contributed by atoms with van der Waals surface area (Å²) in [5.41, 5.74) is 2.36. The molecule has 2 atom stereocenters. The summed E-state index contributed by atoms with van der Waals surface area (Å²) in [4.78, 5) is 31.5. The van der Waals surface area contributed by atoms with E-state index in [0.717, 1.165) is 18.6 Å². The van der Waals surface area contributed by atoms with E-state index in [0.29, 0.717) is 32.0 Å². The molecule has 1 aliphatic rings. The van der Waals surface area contributed by atoms with E-state index in [4.69, 9.17) is 4.74 Å². The first-order valence-electron chi connectivity index (χ1n) is 12.1. The van der Waals surface area contributed by atoms with Crippen molar-refractivity contribution in [2.45, 2.75) is 59.9 Å². The molecule has 2 aromatic rings. The Bertz CT molecular complexity index is 922. The number of ether oxygens (including phenoxy) is 1. The lowest BCUT2D eigenvalue weighted by Crippen LogP contribution is -2.48. The lowest BCUT2D eigenvalue weighted by molar-refractivity contribution is -0.143. The summed E-state index contributed by atoms with van der Waals surface area (Å²) in [5, 5.41) is 2.10. The van der Waals surface area contributed by atoms with E-state index in [9.17, 15) is 9.59 Å². The third-order valence-corrected chi connectivity index (χ3v) is 7.33. The minimum Gasteiger partial charge on any atom is -0.491 e. The fourth-order valence-electron chi connectivity index (χ4n) is 4.18. The van der Waals surface area contributed by atoms with Gasteiger partial charge in [0.1, 0.15) is 12.4 Å². The van der Waals surface area contributed by atoms with Gasteiger partial charge in [-0.05, 0) is 54.3 Å². The van der Waals surface area contributed by atoms with Crippen LogP contribution in [0, 0.1) is 18.8 Å². The van der Waals surface area contributed by atoms with Crippen LogP contribution in [0.3, 0.4) is 0 Å². The van der Waals surface area contributed by atoms with Gasteiger partial charge in [0.25, 0.3) is 0 Å². The summed E-state index contributed by atoms with van der Waals surface area (Å²) in [6.07, 6.45) is 2.30. The number of carbonyl (C=O) groups is 2. The second-order valence-electron chi connectivity index (χ2n) is 9.66. The highest BCUT2D eigenvalue weighted by Crippen LogP contribution is 2.34. The molecule has 2 amide bonds. The molecule has 3 rings (SSSR count). The van der Waals surface area contributed by atoms with Crippen molar-refractivity contribution in [3.8, 4) is 5.75 Å². The van der Waals surface area contributed by atoms with E-state index >= 15 is 0 Å². The fourth-order valence-corrected chi connectivity index (χ4v) is 5.10. The number of amides is 2. The van der Waals surface area contributed by atoms with E-state index in [1.165, 1.54) is 16.0 Å². The van der Waals surface area contributed by atoms with Gasteiger partial charge in [-0.15, -0.1) is 11.3 Å². The highest BCUT2D eigenvalue weighted by atomic mass is 32.1. The third kappa shape index (κ3) is 6.83. The van der Waals surface area contributed by atoms with Crippen LogP contribution in [-0.4, -0.2) is 47.9 Å². The molecule has 5 nitrogen and oxygen atoms in total. The number of rotatable bonds is 10. The maximum Gasteiger partial charge on any atom is 0.242 e. The Balaban J connectivity index is 1.76. The number of carbonyl (C=O) groups excluding carboxylic acids is 2. The highest BCUT2D eigenvalue weighted by molar-refractivity contribution is 7.10. The van der Waals surface area contributed by atoms with Gasteiger partial charge in [-0.1, -0.05) is 51.8 Å². The molecular formula is C27H38N2O3S. The Kier molecular flexibility index (Phi) is 8.95. The summed E-state index contributed by atoms with van der Waals surface area (Å²) in [7, 11) is 0. The maximum atomic E-state index is 13.5. The second kappa shape index (κ2) is 11.7. The predicted molar refractivity (Wildman–Crippen MR) is 135 cm³/mol. The molecule has 0 fully saturated rings. The largest absolute Gasteiger partial charge is 0.491 e. The first kappa shape index (κ1) is 25.3. The van der Waals surface area contributed by atoms with Crippen LogP contribution in [0.1, 0.15) is 62.6 Å². The van der Waals surface area contributed by atoms with Crippen LogP contribution < -0.4 is 4.74 Å². The molecule has 0 spiro atoms. The summed E-state index contributed by atoms with van der Waals surface area (Å²) < 4.78 is 6.12. The Hall–Kier alpha value is -2.34. The highest BCUT2D eigenvalue weighted by Gasteiger charge is 2.33. The van der Waals surface area contributed by atoms with Crippen LogP contribution >= 0.6 is 11.3 Å². The summed E-state index contributed by atoms with van der Waals surface area (Å²) >= 11 is 1.75. The molecule has 2 heterocycles. The quantitative estimate of drug-likeness (QED) is 0.462. The number of fused-ring (bicyclic) bond motifs is 1. The lowest BCUT2D eigenvalue weighted by Gasteiger charge is -2.37. The summed E-state index contributed by atoms with van der Waals surface area (Å²) in [6, 6.07) is 9.97. The second-order valence-corrected chi connectivity index (χ2v) is 10.7. The number of benzene rings is 1. The lowest BCUT2D eigenvalue weighted by atomic mass is 10.00. The minimum atomic E-state index is -0.139. The molecule has 2 unspecified atom stereocenters. The van der Waals surface area contributed by atoms with Crippen molar-refractivity contribution in [1.29, 1.82) is 0 Å². The zero-order chi connectivity index (χ0) is 24.0. The van der Waals surface area contributed by atoms with Crippen molar-refractivity contribution < 1.29 is 14.3 Å². The molecule has 0 radical (unpaired) electrons. The van der Waals surface area contributed by atoms with Gasteiger partial charge in [-0.2, -0.15) is 0 Å². The fraction of sp³-hybridized carbons (Fsp3) is 0.556. The monoisotopic (exact) mass is 470 g/mol. The molecule has 0 aliphatic carbocycles. The third-order valence-electron chi connectivity index (χ3n) is 6.33. The SMILES string of the molecule is CCC(C)CN(CC(=O)N1CCc2sccc2C1COc1ccc(C)cc1)C(=O)CC(C)C. The first-order valence-corrected chi connectivity index (χ1v) is 13.0. The Labute approximate surface area is 202 Å². The van der Waals surface area contributed by atoms with Crippen molar-refractivity contribution in [2.75, 3.05) is 26.2 Å². The van der Waals surface area contributed by atoms with Crippen molar-refractivity contribution in [3.63, 3.8) is 0 Å². The molecule has 0 N–H and O–H groups in total. The van der Waals surface area contributed by atoms with Gasteiger partial charge in [-0.25, -0.2) is 0 Å². The number of hydrogen-bond acceptors (Lipinski definition) is 4. The van der Waals surface area contributed by atoms with Crippen molar-refractivity contribution >= 4 is 23.2 Å². The van der Waals surface area contributed by atoms with E-state index in [2.05, 4.69) is 32.2 Å². The van der Waals surface area contributed by atoms with Gasteiger partial charge in [0.15, 0.2) is 0 Å². The molecule has 1 aromatic carbocycles. The van der Waals surface area contributed by atoms with Gasteiger partial charge < -0.3 is 14.5 Å². The van der Waals surface area contributed by atoms with Gasteiger partial charge in [0, 0.05) is 24.4 Å². The molecule has 1 aliphatic heterocycles. The zero-order valence-electron chi connectivity index (χ0n) is 20.7. The molecule has 0 saturated heterocycles.